The predicted molar refractivity (Wildman–Crippen MR) is 80.0 cm³/mol. The Labute approximate surface area is 129 Å². The third-order valence-corrected chi connectivity index (χ3v) is 3.24. The Hall–Kier alpha value is -2.21. The van der Waals surface area contributed by atoms with Crippen LogP contribution in [0.5, 0.6) is 0 Å². The molecule has 116 valence electrons. The van der Waals surface area contributed by atoms with Gasteiger partial charge in [-0.1, -0.05) is 17.7 Å². The van der Waals surface area contributed by atoms with Gasteiger partial charge in [0.2, 0.25) is 0 Å². The van der Waals surface area contributed by atoms with E-state index >= 15 is 0 Å². The minimum Gasteiger partial charge on any atom is -0.398 e. The van der Waals surface area contributed by atoms with Crippen molar-refractivity contribution in [2.75, 3.05) is 11.1 Å². The van der Waals surface area contributed by atoms with Crippen molar-refractivity contribution in [2.45, 2.75) is 13.1 Å². The molecule has 0 unspecified atom stereocenters. The van der Waals surface area contributed by atoms with Crippen LogP contribution in [0.2, 0.25) is 5.02 Å². The number of carbonyl (C=O) groups excluding carboxylic acids is 1. The number of halogens is 4. The van der Waals surface area contributed by atoms with Gasteiger partial charge in [0.05, 0.1) is 5.56 Å². The summed E-state index contributed by atoms with van der Waals surface area (Å²) in [6.07, 6.45) is -4.58. The summed E-state index contributed by atoms with van der Waals surface area (Å²) in [4.78, 5) is 12.1. The third kappa shape index (κ3) is 3.71. The molecule has 0 bridgehead atoms. The van der Waals surface area contributed by atoms with E-state index in [9.17, 15) is 18.0 Å². The van der Waals surface area contributed by atoms with Crippen LogP contribution in [-0.2, 0) is 6.18 Å². The average molecular weight is 329 g/mol. The number of alkyl halides is 3. The molecule has 1 amide bonds. The van der Waals surface area contributed by atoms with Gasteiger partial charge in [0.1, 0.15) is 0 Å². The minimum absolute atomic E-state index is 0.164. The van der Waals surface area contributed by atoms with Gasteiger partial charge < -0.3 is 11.1 Å². The molecule has 2 aromatic carbocycles. The maximum absolute atomic E-state index is 12.7. The third-order valence-electron chi connectivity index (χ3n) is 3.02. The normalized spacial score (nSPS) is 11.3. The molecule has 0 radical (unpaired) electrons. The minimum atomic E-state index is -4.58. The van der Waals surface area contributed by atoms with Crippen molar-refractivity contribution < 1.29 is 18.0 Å². The van der Waals surface area contributed by atoms with Crippen molar-refractivity contribution >= 4 is 28.9 Å². The zero-order valence-electron chi connectivity index (χ0n) is 11.5. The lowest BCUT2D eigenvalue weighted by molar-refractivity contribution is -0.137. The Morgan fingerprint density at radius 2 is 1.86 bits per heavy atom. The number of aryl methyl sites for hydroxylation is 1. The number of rotatable bonds is 2. The Kier molecular flexibility index (Phi) is 4.32. The zero-order chi connectivity index (χ0) is 16.5. The lowest BCUT2D eigenvalue weighted by atomic mass is 10.1. The predicted octanol–water partition coefficient (Wildman–Crippen LogP) is 4.50. The van der Waals surface area contributed by atoms with Gasteiger partial charge in [-0.25, -0.2) is 0 Å². The van der Waals surface area contributed by atoms with E-state index in [0.29, 0.717) is 11.4 Å². The van der Waals surface area contributed by atoms with Gasteiger partial charge in [-0.15, -0.1) is 0 Å². The van der Waals surface area contributed by atoms with Gasteiger partial charge in [0.15, 0.2) is 0 Å². The van der Waals surface area contributed by atoms with E-state index in [1.54, 1.807) is 19.1 Å². The molecule has 0 aliphatic carbocycles. The number of amides is 1. The number of nitrogens with one attached hydrogen (secondary N) is 1. The highest BCUT2D eigenvalue weighted by atomic mass is 35.5. The largest absolute Gasteiger partial charge is 0.416 e. The number of benzene rings is 2. The topological polar surface area (TPSA) is 55.1 Å². The van der Waals surface area contributed by atoms with Crippen molar-refractivity contribution in [2.24, 2.45) is 0 Å². The number of nitrogen functional groups attached to an aromatic ring is 1. The van der Waals surface area contributed by atoms with E-state index in [0.717, 1.165) is 17.7 Å². The highest BCUT2D eigenvalue weighted by Crippen LogP contribution is 2.32. The molecule has 0 aliphatic rings. The van der Waals surface area contributed by atoms with Crippen molar-refractivity contribution in [3.05, 3.63) is 58.1 Å². The summed E-state index contributed by atoms with van der Waals surface area (Å²) >= 11 is 5.65. The highest BCUT2D eigenvalue weighted by molar-refractivity contribution is 6.31. The summed E-state index contributed by atoms with van der Waals surface area (Å²) in [5, 5.41) is 2.32. The maximum Gasteiger partial charge on any atom is 0.416 e. The van der Waals surface area contributed by atoms with Crippen LogP contribution in [0.4, 0.5) is 24.5 Å². The summed E-state index contributed by atoms with van der Waals surface area (Å²) < 4.78 is 38.2. The molecule has 22 heavy (non-hydrogen) atoms. The Balaban J connectivity index is 2.29. The molecule has 0 heterocycles. The van der Waals surface area contributed by atoms with Gasteiger partial charge in [-0.3, -0.25) is 4.79 Å². The molecular weight excluding hydrogens is 317 g/mol. The maximum atomic E-state index is 12.7. The number of anilines is 2. The first-order valence-corrected chi connectivity index (χ1v) is 6.60. The Morgan fingerprint density at radius 3 is 2.45 bits per heavy atom. The highest BCUT2D eigenvalue weighted by Gasteiger charge is 2.31. The molecule has 0 fully saturated rings. The summed E-state index contributed by atoms with van der Waals surface area (Å²) in [5.41, 5.74) is 6.26. The van der Waals surface area contributed by atoms with E-state index in [2.05, 4.69) is 5.32 Å². The second-order valence-corrected chi connectivity index (χ2v) is 5.19. The van der Waals surface area contributed by atoms with Crippen molar-refractivity contribution in [1.29, 1.82) is 0 Å². The molecule has 0 aromatic heterocycles. The van der Waals surface area contributed by atoms with Crippen LogP contribution in [0.1, 0.15) is 21.5 Å². The molecule has 3 nitrogen and oxygen atoms in total. The van der Waals surface area contributed by atoms with Gasteiger partial charge in [-0.2, -0.15) is 13.2 Å². The smallest absolute Gasteiger partial charge is 0.398 e. The molecule has 0 saturated carbocycles. The first-order valence-electron chi connectivity index (χ1n) is 6.22. The summed E-state index contributed by atoms with van der Waals surface area (Å²) in [7, 11) is 0. The molecule has 3 N–H and O–H groups in total. The molecule has 0 saturated heterocycles. The molecule has 2 rings (SSSR count). The molecule has 7 heteroatoms. The van der Waals surface area contributed by atoms with Crippen LogP contribution >= 0.6 is 11.6 Å². The fraction of sp³-hybridized carbons (Fsp3) is 0.133. The van der Waals surface area contributed by atoms with E-state index < -0.39 is 17.6 Å². The van der Waals surface area contributed by atoms with E-state index in [4.69, 9.17) is 17.3 Å². The van der Waals surface area contributed by atoms with Crippen molar-refractivity contribution in [3.63, 3.8) is 0 Å². The fourth-order valence-corrected chi connectivity index (χ4v) is 2.04. The molecule has 0 atom stereocenters. The number of carbonyl (C=O) groups is 1. The lowest BCUT2D eigenvalue weighted by Crippen LogP contribution is -2.14. The zero-order valence-corrected chi connectivity index (χ0v) is 12.2. The number of hydrogen-bond acceptors (Lipinski definition) is 2. The second-order valence-electron chi connectivity index (χ2n) is 4.75. The van der Waals surface area contributed by atoms with Crippen LogP contribution in [0.15, 0.2) is 36.4 Å². The van der Waals surface area contributed by atoms with Crippen LogP contribution in [0.25, 0.3) is 0 Å². The standard InChI is InChI=1S/C15H12ClF3N2O/c1-8-2-3-12(7-13(8)20)21-14(22)9-4-10(15(17,18)19)6-11(16)5-9/h2-7H,20H2,1H3,(H,21,22). The Morgan fingerprint density at radius 1 is 1.18 bits per heavy atom. The number of hydrogen-bond donors (Lipinski definition) is 2. The SMILES string of the molecule is Cc1ccc(NC(=O)c2cc(Cl)cc(C(F)(F)F)c2)cc1N. The van der Waals surface area contributed by atoms with Gasteiger partial charge in [-0.05, 0) is 42.8 Å². The monoisotopic (exact) mass is 328 g/mol. The van der Waals surface area contributed by atoms with Gasteiger partial charge >= 0.3 is 6.18 Å². The summed E-state index contributed by atoms with van der Waals surface area (Å²) in [6.45, 7) is 1.80. The van der Waals surface area contributed by atoms with E-state index in [1.807, 2.05) is 0 Å². The first-order chi connectivity index (χ1) is 10.2. The van der Waals surface area contributed by atoms with Crippen LogP contribution < -0.4 is 11.1 Å². The van der Waals surface area contributed by atoms with Gasteiger partial charge in [0.25, 0.3) is 5.91 Å². The molecule has 0 spiro atoms. The molecular formula is C15H12ClF3N2O. The summed E-state index contributed by atoms with van der Waals surface area (Å²) in [5.74, 6) is -0.698. The van der Waals surface area contributed by atoms with Crippen LogP contribution in [0, 0.1) is 6.92 Å². The lowest BCUT2D eigenvalue weighted by Gasteiger charge is -2.11. The number of nitrogens with two attached hydrogens (primary N) is 1. The summed E-state index contributed by atoms with van der Waals surface area (Å²) in [6, 6.07) is 7.52. The van der Waals surface area contributed by atoms with Crippen molar-refractivity contribution in [3.8, 4) is 0 Å². The molecule has 2 aromatic rings. The average Bonchev–Trinajstić information content (AvgIpc) is 2.41. The van der Waals surface area contributed by atoms with Crippen LogP contribution in [-0.4, -0.2) is 5.91 Å². The van der Waals surface area contributed by atoms with Gasteiger partial charge in [0, 0.05) is 22.0 Å². The van der Waals surface area contributed by atoms with Crippen LogP contribution in [0.3, 0.4) is 0 Å². The van der Waals surface area contributed by atoms with E-state index in [-0.39, 0.29) is 10.6 Å². The first kappa shape index (κ1) is 16.2. The molecule has 0 aliphatic heterocycles. The van der Waals surface area contributed by atoms with E-state index in [1.165, 1.54) is 12.1 Å². The quantitative estimate of drug-likeness (QED) is 0.797. The Bertz CT molecular complexity index is 729. The fourth-order valence-electron chi connectivity index (χ4n) is 1.81. The second kappa shape index (κ2) is 5.88. The van der Waals surface area contributed by atoms with Crippen molar-refractivity contribution in [1.82, 2.24) is 0 Å².